The van der Waals surface area contributed by atoms with Gasteiger partial charge in [0.15, 0.2) is 0 Å². The lowest BCUT2D eigenvalue weighted by Crippen LogP contribution is -2.13. The minimum atomic E-state index is 0.418. The van der Waals surface area contributed by atoms with Crippen LogP contribution in [0.2, 0.25) is 0 Å². The van der Waals surface area contributed by atoms with E-state index in [0.29, 0.717) is 19.8 Å². The molecular weight excluding hydrogens is 360 g/mol. The number of fused-ring (bicyclic) bond motifs is 1. The van der Waals surface area contributed by atoms with Crippen molar-refractivity contribution in [2.24, 2.45) is 0 Å². The Morgan fingerprint density at radius 3 is 2.52 bits per heavy atom. The predicted molar refractivity (Wildman–Crippen MR) is 117 cm³/mol. The molecule has 0 amide bonds. The van der Waals surface area contributed by atoms with Gasteiger partial charge in [-0.1, -0.05) is 36.4 Å². The molecule has 0 unspecified atom stereocenters. The largest absolute Gasteiger partial charge is 0.491 e. The van der Waals surface area contributed by atoms with E-state index in [1.54, 1.807) is 0 Å². The van der Waals surface area contributed by atoms with Gasteiger partial charge in [-0.25, -0.2) is 4.98 Å². The third-order valence-corrected chi connectivity index (χ3v) is 5.01. The Balaban J connectivity index is 1.52. The molecule has 0 spiro atoms. The number of hydrogen-bond acceptors (Lipinski definition) is 3. The second-order valence-corrected chi connectivity index (χ2v) is 7.39. The molecule has 4 heteroatoms. The second kappa shape index (κ2) is 8.39. The van der Waals surface area contributed by atoms with Crippen LogP contribution >= 0.6 is 0 Å². The summed E-state index contributed by atoms with van der Waals surface area (Å²) in [5.41, 5.74) is 5.60. The summed E-state index contributed by atoms with van der Waals surface area (Å²) in [5.74, 6) is 2.69. The Labute approximate surface area is 171 Å². The molecule has 0 N–H and O–H groups in total. The normalized spacial score (nSPS) is 11.0. The molecule has 3 aromatic carbocycles. The van der Waals surface area contributed by atoms with Gasteiger partial charge in [-0.3, -0.25) is 0 Å². The SMILES string of the molecule is Cc1cccc(OCc2nc3ccccc3n2CCOc2cc(C)ccc2C)c1. The molecule has 0 aliphatic carbocycles. The van der Waals surface area contributed by atoms with Crippen molar-refractivity contribution in [1.29, 1.82) is 0 Å². The van der Waals surface area contributed by atoms with Gasteiger partial charge in [0.25, 0.3) is 0 Å². The summed E-state index contributed by atoms with van der Waals surface area (Å²) in [4.78, 5) is 4.79. The second-order valence-electron chi connectivity index (χ2n) is 7.39. The number of imidazole rings is 1. The maximum atomic E-state index is 6.08. The van der Waals surface area contributed by atoms with Crippen molar-refractivity contribution in [3.8, 4) is 11.5 Å². The molecule has 0 radical (unpaired) electrons. The van der Waals surface area contributed by atoms with Crippen LogP contribution in [-0.4, -0.2) is 16.2 Å². The van der Waals surface area contributed by atoms with E-state index >= 15 is 0 Å². The standard InChI is InChI=1S/C25H26N2O2/c1-18-7-6-8-21(15-18)29-17-25-26-22-9-4-5-10-23(22)27(25)13-14-28-24-16-19(2)11-12-20(24)3/h4-12,15-16H,13-14,17H2,1-3H3. The Hall–Kier alpha value is -3.27. The summed E-state index contributed by atoms with van der Waals surface area (Å²) in [6, 6.07) is 22.5. The predicted octanol–water partition coefficient (Wildman–Crippen LogP) is 5.62. The molecule has 4 nitrogen and oxygen atoms in total. The zero-order valence-electron chi connectivity index (χ0n) is 17.2. The lowest BCUT2D eigenvalue weighted by molar-refractivity contribution is 0.271. The minimum Gasteiger partial charge on any atom is -0.491 e. The number of aryl methyl sites for hydroxylation is 3. The van der Waals surface area contributed by atoms with Gasteiger partial charge in [-0.05, 0) is 67.8 Å². The summed E-state index contributed by atoms with van der Waals surface area (Å²) in [6.07, 6.45) is 0. The van der Waals surface area contributed by atoms with Gasteiger partial charge in [-0.15, -0.1) is 0 Å². The molecule has 1 heterocycles. The quantitative estimate of drug-likeness (QED) is 0.414. The minimum absolute atomic E-state index is 0.418. The van der Waals surface area contributed by atoms with Gasteiger partial charge in [0.2, 0.25) is 0 Å². The van der Waals surface area contributed by atoms with E-state index in [4.69, 9.17) is 14.5 Å². The monoisotopic (exact) mass is 386 g/mol. The van der Waals surface area contributed by atoms with E-state index in [0.717, 1.165) is 33.9 Å². The first kappa shape index (κ1) is 19.1. The first-order valence-corrected chi connectivity index (χ1v) is 9.94. The summed E-state index contributed by atoms with van der Waals surface area (Å²) in [7, 11) is 0. The van der Waals surface area contributed by atoms with E-state index < -0.39 is 0 Å². The lowest BCUT2D eigenvalue weighted by Gasteiger charge is -2.13. The third-order valence-electron chi connectivity index (χ3n) is 5.01. The van der Waals surface area contributed by atoms with Crippen LogP contribution in [0.25, 0.3) is 11.0 Å². The lowest BCUT2D eigenvalue weighted by atomic mass is 10.1. The van der Waals surface area contributed by atoms with Crippen molar-refractivity contribution < 1.29 is 9.47 Å². The van der Waals surface area contributed by atoms with Crippen LogP contribution in [-0.2, 0) is 13.2 Å². The fraction of sp³-hybridized carbons (Fsp3) is 0.240. The van der Waals surface area contributed by atoms with Crippen LogP contribution in [0.1, 0.15) is 22.5 Å². The summed E-state index contributed by atoms with van der Waals surface area (Å²) in [5, 5.41) is 0. The summed E-state index contributed by atoms with van der Waals surface area (Å²) >= 11 is 0. The van der Waals surface area contributed by atoms with Crippen LogP contribution in [0.4, 0.5) is 0 Å². The highest BCUT2D eigenvalue weighted by molar-refractivity contribution is 5.75. The molecule has 4 aromatic rings. The molecule has 0 saturated heterocycles. The smallest absolute Gasteiger partial charge is 0.148 e. The number of aromatic nitrogens is 2. The van der Waals surface area contributed by atoms with Gasteiger partial charge >= 0.3 is 0 Å². The van der Waals surface area contributed by atoms with E-state index in [-0.39, 0.29) is 0 Å². The van der Waals surface area contributed by atoms with Gasteiger partial charge in [0, 0.05) is 0 Å². The van der Waals surface area contributed by atoms with Gasteiger partial charge in [0.1, 0.15) is 30.5 Å². The van der Waals surface area contributed by atoms with E-state index in [1.165, 1.54) is 11.1 Å². The average molecular weight is 386 g/mol. The van der Waals surface area contributed by atoms with Crippen LogP contribution in [0.15, 0.2) is 66.7 Å². The molecule has 0 aliphatic heterocycles. The number of ether oxygens (including phenoxy) is 2. The van der Waals surface area contributed by atoms with Gasteiger partial charge in [0.05, 0.1) is 17.6 Å². The Kier molecular flexibility index (Phi) is 5.52. The van der Waals surface area contributed by atoms with Crippen LogP contribution in [0.3, 0.4) is 0 Å². The van der Waals surface area contributed by atoms with E-state index in [2.05, 4.69) is 55.7 Å². The zero-order valence-corrected chi connectivity index (χ0v) is 17.2. The number of hydrogen-bond donors (Lipinski definition) is 0. The first-order valence-electron chi connectivity index (χ1n) is 9.94. The maximum Gasteiger partial charge on any atom is 0.148 e. The molecular formula is C25H26N2O2. The van der Waals surface area contributed by atoms with Crippen LogP contribution < -0.4 is 9.47 Å². The zero-order chi connectivity index (χ0) is 20.2. The molecule has 1 aromatic heterocycles. The first-order chi connectivity index (χ1) is 14.1. The molecule has 0 bridgehead atoms. The van der Waals surface area contributed by atoms with Crippen molar-refractivity contribution in [3.63, 3.8) is 0 Å². The molecule has 29 heavy (non-hydrogen) atoms. The van der Waals surface area contributed by atoms with Crippen molar-refractivity contribution in [2.75, 3.05) is 6.61 Å². The summed E-state index contributed by atoms with van der Waals surface area (Å²) in [6.45, 7) is 7.91. The van der Waals surface area contributed by atoms with Crippen molar-refractivity contribution in [2.45, 2.75) is 33.9 Å². The molecule has 4 rings (SSSR count). The van der Waals surface area contributed by atoms with E-state index in [1.807, 2.05) is 36.4 Å². The Bertz CT molecular complexity index is 1130. The molecule has 148 valence electrons. The van der Waals surface area contributed by atoms with Crippen molar-refractivity contribution >= 4 is 11.0 Å². The fourth-order valence-corrected chi connectivity index (χ4v) is 3.45. The average Bonchev–Trinajstić information content (AvgIpc) is 3.07. The molecule has 0 fully saturated rings. The van der Waals surface area contributed by atoms with Crippen LogP contribution in [0, 0.1) is 20.8 Å². The van der Waals surface area contributed by atoms with Crippen molar-refractivity contribution in [1.82, 2.24) is 9.55 Å². The number of rotatable bonds is 7. The highest BCUT2D eigenvalue weighted by atomic mass is 16.5. The number of para-hydroxylation sites is 2. The topological polar surface area (TPSA) is 36.3 Å². The van der Waals surface area contributed by atoms with Gasteiger partial charge in [-0.2, -0.15) is 0 Å². The molecule has 0 saturated carbocycles. The van der Waals surface area contributed by atoms with Gasteiger partial charge < -0.3 is 14.0 Å². The summed E-state index contributed by atoms with van der Waals surface area (Å²) < 4.78 is 14.3. The third kappa shape index (κ3) is 4.43. The highest BCUT2D eigenvalue weighted by Gasteiger charge is 2.12. The van der Waals surface area contributed by atoms with E-state index in [9.17, 15) is 0 Å². The Morgan fingerprint density at radius 1 is 0.828 bits per heavy atom. The number of nitrogens with zero attached hydrogens (tertiary/aromatic N) is 2. The highest BCUT2D eigenvalue weighted by Crippen LogP contribution is 2.21. The van der Waals surface area contributed by atoms with Crippen molar-refractivity contribution in [3.05, 3.63) is 89.2 Å². The van der Waals surface area contributed by atoms with Crippen LogP contribution in [0.5, 0.6) is 11.5 Å². The number of benzene rings is 3. The molecule has 0 aliphatic rings. The maximum absolute atomic E-state index is 6.08. The Morgan fingerprint density at radius 2 is 1.66 bits per heavy atom. The molecule has 0 atom stereocenters. The fourth-order valence-electron chi connectivity index (χ4n) is 3.45.